The molecule has 4 bridgehead atoms. The Bertz CT molecular complexity index is 1360. The molecule has 2 aromatic rings. The number of aliphatic imine (C=N–C) groups is 1. The predicted molar refractivity (Wildman–Crippen MR) is 135 cm³/mol. The summed E-state index contributed by atoms with van der Waals surface area (Å²) in [4.78, 5) is 17.7. The van der Waals surface area contributed by atoms with Crippen molar-refractivity contribution < 1.29 is 17.9 Å². The van der Waals surface area contributed by atoms with E-state index in [1.807, 2.05) is 6.92 Å². The van der Waals surface area contributed by atoms with Gasteiger partial charge in [-0.2, -0.15) is 14.0 Å². The minimum Gasteiger partial charge on any atom is -0.384 e. The zero-order chi connectivity index (χ0) is 27.0. The van der Waals surface area contributed by atoms with Crippen LogP contribution in [0.15, 0.2) is 46.2 Å². The molecule has 7 nitrogen and oxygen atoms in total. The van der Waals surface area contributed by atoms with Crippen molar-refractivity contribution in [1.29, 1.82) is 5.26 Å². The molecule has 1 aliphatic carbocycles. The van der Waals surface area contributed by atoms with Crippen molar-refractivity contribution in [3.63, 3.8) is 0 Å². The number of anilines is 1. The predicted octanol–water partition coefficient (Wildman–Crippen LogP) is 4.30. The maximum absolute atomic E-state index is 15.3. The van der Waals surface area contributed by atoms with Gasteiger partial charge in [0, 0.05) is 17.7 Å². The Morgan fingerprint density at radius 1 is 1.22 bits per heavy atom. The van der Waals surface area contributed by atoms with Crippen molar-refractivity contribution in [3.05, 3.63) is 74.8 Å². The highest BCUT2D eigenvalue weighted by Gasteiger charge is 2.47. The van der Waals surface area contributed by atoms with Gasteiger partial charge in [-0.3, -0.25) is 14.4 Å². The molecule has 1 aromatic heterocycles. The van der Waals surface area contributed by atoms with Crippen LogP contribution in [-0.2, 0) is 22.6 Å². The molecule has 2 aliphatic rings. The van der Waals surface area contributed by atoms with Gasteiger partial charge in [0.15, 0.2) is 0 Å². The Morgan fingerprint density at radius 2 is 1.95 bits per heavy atom. The van der Waals surface area contributed by atoms with Crippen LogP contribution in [0.4, 0.5) is 19.0 Å². The molecule has 0 spiro atoms. The molecular weight excluding hydrogens is 483 g/mol. The lowest BCUT2D eigenvalue weighted by molar-refractivity contribution is -0.0795. The molecule has 37 heavy (non-hydrogen) atoms. The van der Waals surface area contributed by atoms with Crippen LogP contribution in [0.5, 0.6) is 0 Å². The molecule has 0 radical (unpaired) electrons. The van der Waals surface area contributed by atoms with Crippen molar-refractivity contribution in [1.82, 2.24) is 4.57 Å². The van der Waals surface area contributed by atoms with Crippen LogP contribution in [0.1, 0.15) is 61.4 Å². The first-order valence-electron chi connectivity index (χ1n) is 12.2. The summed E-state index contributed by atoms with van der Waals surface area (Å²) >= 11 is 0. The third kappa shape index (κ3) is 5.14. The number of hydrogen-bond donors (Lipinski definition) is 2. The summed E-state index contributed by atoms with van der Waals surface area (Å²) in [7, 11) is 0. The zero-order valence-electron chi connectivity index (χ0n) is 20.8. The van der Waals surface area contributed by atoms with E-state index < -0.39 is 35.4 Å². The van der Waals surface area contributed by atoms with Crippen molar-refractivity contribution in [3.8, 4) is 6.07 Å². The second-order valence-corrected chi connectivity index (χ2v) is 9.82. The van der Waals surface area contributed by atoms with Gasteiger partial charge in [0.25, 0.3) is 11.5 Å². The maximum atomic E-state index is 15.3. The summed E-state index contributed by atoms with van der Waals surface area (Å²) in [5.41, 5.74) is 11.1. The molecule has 10 heteroatoms. The summed E-state index contributed by atoms with van der Waals surface area (Å²) < 4.78 is 51.4. The summed E-state index contributed by atoms with van der Waals surface area (Å²) in [6.07, 6.45) is 5.01. The Kier molecular flexibility index (Phi) is 7.20. The van der Waals surface area contributed by atoms with Crippen molar-refractivity contribution in [2.24, 2.45) is 16.6 Å². The van der Waals surface area contributed by atoms with Crippen LogP contribution in [-0.4, -0.2) is 23.6 Å². The third-order valence-electron chi connectivity index (χ3n) is 7.06. The molecule has 1 saturated carbocycles. The molecule has 1 aromatic carbocycles. The molecule has 4 N–H and O–H groups in total. The van der Waals surface area contributed by atoms with Crippen molar-refractivity contribution in [2.75, 3.05) is 18.9 Å². The summed E-state index contributed by atoms with van der Waals surface area (Å²) in [5, 5.41) is 9.75. The van der Waals surface area contributed by atoms with E-state index in [0.717, 1.165) is 6.07 Å². The van der Waals surface area contributed by atoms with E-state index in [9.17, 15) is 18.8 Å². The minimum absolute atomic E-state index is 0.0348. The van der Waals surface area contributed by atoms with Gasteiger partial charge in [0.05, 0.1) is 35.3 Å². The second-order valence-electron chi connectivity index (χ2n) is 9.82. The van der Waals surface area contributed by atoms with Gasteiger partial charge in [0.2, 0.25) is 0 Å². The van der Waals surface area contributed by atoms with Gasteiger partial charge >= 0.3 is 0 Å². The summed E-state index contributed by atoms with van der Waals surface area (Å²) in [6.45, 7) is 2.62. The number of nitrogen functional groups attached to an aromatic ring is 1. The van der Waals surface area contributed by atoms with Gasteiger partial charge in [-0.15, -0.1) is 0 Å². The van der Waals surface area contributed by atoms with Crippen LogP contribution in [0.2, 0.25) is 0 Å². The molecule has 1 unspecified atom stereocenters. The monoisotopic (exact) mass is 513 g/mol. The lowest BCUT2D eigenvalue weighted by atomic mass is 9.96. The number of alkyl halides is 2. The van der Waals surface area contributed by atoms with Crippen molar-refractivity contribution >= 4 is 11.7 Å². The fourth-order valence-electron chi connectivity index (χ4n) is 4.57. The van der Waals surface area contributed by atoms with E-state index in [1.54, 1.807) is 12.2 Å². The number of rotatable bonds is 1. The van der Waals surface area contributed by atoms with E-state index in [0.29, 0.717) is 24.8 Å². The summed E-state index contributed by atoms with van der Waals surface area (Å²) in [5.74, 6) is -4.68. The lowest BCUT2D eigenvalue weighted by Crippen LogP contribution is -2.33. The molecule has 2 heterocycles. The number of ether oxygens (including phenoxy) is 1. The molecule has 196 valence electrons. The number of aromatic nitrogens is 1. The van der Waals surface area contributed by atoms with Crippen LogP contribution in [0, 0.1) is 23.1 Å². The van der Waals surface area contributed by atoms with E-state index >= 15 is 4.39 Å². The second kappa shape index (κ2) is 10.1. The van der Waals surface area contributed by atoms with Gasteiger partial charge in [-0.05, 0) is 44.2 Å². The van der Waals surface area contributed by atoms with Crippen molar-refractivity contribution in [2.45, 2.75) is 57.0 Å². The largest absolute Gasteiger partial charge is 0.384 e. The highest BCUT2D eigenvalue weighted by atomic mass is 19.3. The first kappa shape index (κ1) is 26.5. The third-order valence-corrected chi connectivity index (χ3v) is 7.06. The Hall–Kier alpha value is -3.58. The first-order valence-corrected chi connectivity index (χ1v) is 12.2. The number of allylic oxidation sites excluding steroid dienone is 1. The molecule has 1 fully saturated rings. The highest BCUT2D eigenvalue weighted by molar-refractivity contribution is 6.01. The number of benzene rings is 1. The van der Waals surface area contributed by atoms with Crippen LogP contribution < -0.4 is 17.0 Å². The highest BCUT2D eigenvalue weighted by Crippen LogP contribution is 2.46. The number of fused-ring (bicyclic) bond motifs is 4. The quantitative estimate of drug-likeness (QED) is 0.551. The molecular formula is C27H30F3N5O2. The molecule has 4 rings (SSSR count). The molecule has 0 saturated heterocycles. The topological polar surface area (TPSA) is 119 Å². The fourth-order valence-corrected chi connectivity index (χ4v) is 4.57. The number of amidine groups is 1. The van der Waals surface area contributed by atoms with E-state index in [4.69, 9.17) is 16.2 Å². The first-order chi connectivity index (χ1) is 17.5. The average molecular weight is 514 g/mol. The van der Waals surface area contributed by atoms with Gasteiger partial charge in [0.1, 0.15) is 24.1 Å². The van der Waals surface area contributed by atoms with Gasteiger partial charge < -0.3 is 16.2 Å². The molecule has 0 amide bonds. The minimum atomic E-state index is -3.55. The number of nitriles is 1. The molecule has 1 aliphatic heterocycles. The SMILES string of the molecule is CC1/C=C\COCC(F)(F)c2cccc(c2F)[C@@H](C)N=C(N)c2cc(C3(C#N)CC3)c(=O)n(c2N)CC1. The number of pyridine rings is 1. The van der Waals surface area contributed by atoms with Crippen LogP contribution in [0.25, 0.3) is 0 Å². The standard InChI is InChI=1S/C27H30F3N5O2/c1-16-5-4-12-37-15-27(29,30)20-7-3-6-18(22(20)28)17(2)34-23(32)19-13-21(26(14-31)9-10-26)25(36)35(11-8-16)24(19)33/h3-7,13,16-17H,8-12,15,33H2,1-2H3,(H2,32,34)/b5-4-/t16?,17-/m1/s1. The number of nitrogens with zero attached hydrogens (tertiary/aromatic N) is 3. The van der Waals surface area contributed by atoms with E-state index in [1.165, 1.54) is 29.7 Å². The lowest BCUT2D eigenvalue weighted by Gasteiger charge is -2.21. The van der Waals surface area contributed by atoms with Gasteiger partial charge in [-0.1, -0.05) is 31.2 Å². The zero-order valence-corrected chi connectivity index (χ0v) is 20.8. The van der Waals surface area contributed by atoms with E-state index in [-0.39, 0.29) is 47.4 Å². The Labute approximate surface area is 213 Å². The summed E-state index contributed by atoms with van der Waals surface area (Å²) in [6, 6.07) is 6.52. The van der Waals surface area contributed by atoms with E-state index in [2.05, 4.69) is 11.1 Å². The molecule has 2 atom stereocenters. The average Bonchev–Trinajstić information content (AvgIpc) is 3.64. The number of nitrogens with two attached hydrogens (primary N) is 2. The number of halogens is 3. The maximum Gasteiger partial charge on any atom is 0.298 e. The van der Waals surface area contributed by atoms with Gasteiger partial charge in [-0.25, -0.2) is 4.39 Å². The fraction of sp³-hybridized carbons (Fsp3) is 0.444. The Morgan fingerprint density at radius 3 is 2.62 bits per heavy atom. The Balaban J connectivity index is 1.88. The smallest absolute Gasteiger partial charge is 0.298 e. The van der Waals surface area contributed by atoms with Crippen LogP contribution in [0.3, 0.4) is 0 Å². The van der Waals surface area contributed by atoms with Crippen LogP contribution >= 0.6 is 0 Å². The normalized spacial score (nSPS) is 24.2. The number of hydrogen-bond acceptors (Lipinski definition) is 6.